The van der Waals surface area contributed by atoms with Crippen molar-refractivity contribution in [3.05, 3.63) is 34.7 Å². The van der Waals surface area contributed by atoms with Gasteiger partial charge in [0.2, 0.25) is 0 Å². The number of benzene rings is 1. The molecule has 0 N–H and O–H groups in total. The van der Waals surface area contributed by atoms with Crippen LogP contribution in [0.25, 0.3) is 0 Å². The predicted octanol–water partition coefficient (Wildman–Crippen LogP) is 1.86. The summed E-state index contributed by atoms with van der Waals surface area (Å²) in [6.07, 6.45) is 0. The molecule has 0 heterocycles. The van der Waals surface area contributed by atoms with Crippen LogP contribution >= 0.6 is 0 Å². The summed E-state index contributed by atoms with van der Waals surface area (Å²) in [5.74, 6) is -0.0775. The van der Waals surface area contributed by atoms with Crippen molar-refractivity contribution in [2.75, 3.05) is 7.11 Å². The van der Waals surface area contributed by atoms with E-state index >= 15 is 0 Å². The maximum absolute atomic E-state index is 11.0. The van der Waals surface area contributed by atoms with Gasteiger partial charge in [-0.05, 0) is 6.92 Å². The number of Topliss-reactive ketones (excluding diaryl/α,β-unsaturated/α-hetero) is 1. The molecule has 4 nitrogen and oxygen atoms in total. The van der Waals surface area contributed by atoms with Crippen LogP contribution in [0.3, 0.4) is 0 Å². The molecule has 68 valence electrons. The molecule has 0 spiro atoms. The van der Waals surface area contributed by atoms with Crippen molar-refractivity contribution in [2.45, 2.75) is 6.92 Å². The lowest BCUT2D eigenvalue weighted by molar-refractivity contribution is -0.736. The van der Waals surface area contributed by atoms with Crippen LogP contribution in [0, 0.1) is 4.91 Å². The van der Waals surface area contributed by atoms with Gasteiger partial charge in [-0.25, -0.2) is 4.84 Å². The van der Waals surface area contributed by atoms with E-state index in [-0.39, 0.29) is 5.78 Å². The molecule has 0 bridgehead atoms. The molecule has 0 aliphatic carbocycles. The van der Waals surface area contributed by atoms with E-state index in [9.17, 15) is 9.70 Å². The van der Waals surface area contributed by atoms with Gasteiger partial charge in [-0.3, -0.25) is 4.79 Å². The number of carbonyl (C=O) groups is 1. The van der Waals surface area contributed by atoms with E-state index < -0.39 is 0 Å². The molecule has 13 heavy (non-hydrogen) atoms. The minimum Gasteiger partial charge on any atom is -0.295 e. The highest BCUT2D eigenvalue weighted by molar-refractivity contribution is 5.94. The summed E-state index contributed by atoms with van der Waals surface area (Å²) in [5, 5.41) is 0. The van der Waals surface area contributed by atoms with Gasteiger partial charge in [0.05, 0.1) is 4.91 Å². The fraction of sp³-hybridized carbons (Fsp3) is 0.222. The summed E-state index contributed by atoms with van der Waals surface area (Å²) >= 11 is 0. The molecule has 4 heteroatoms. The van der Waals surface area contributed by atoms with Crippen LogP contribution in [-0.2, 0) is 4.84 Å². The van der Waals surface area contributed by atoms with E-state index in [1.165, 1.54) is 20.1 Å². The summed E-state index contributed by atoms with van der Waals surface area (Å²) in [5.41, 5.74) is 0.811. The number of hydrogen-bond donors (Lipinski definition) is 0. The fourth-order valence-corrected chi connectivity index (χ4v) is 0.944. The van der Waals surface area contributed by atoms with E-state index in [2.05, 4.69) is 4.84 Å². The molecule has 0 fully saturated rings. The Labute approximate surface area is 75.7 Å². The van der Waals surface area contributed by atoms with Crippen molar-refractivity contribution < 1.29 is 14.6 Å². The number of ketones is 1. The summed E-state index contributed by atoms with van der Waals surface area (Å²) in [6, 6.07) is 6.34. The summed E-state index contributed by atoms with van der Waals surface area (Å²) < 4.78 is 0. The van der Waals surface area contributed by atoms with Crippen molar-refractivity contribution in [3.63, 3.8) is 0 Å². The molecule has 0 unspecified atom stereocenters. The topological polar surface area (TPSA) is 46.4 Å². The molecule has 0 atom stereocenters. The Morgan fingerprint density at radius 2 is 2.15 bits per heavy atom. The molecule has 0 saturated heterocycles. The Morgan fingerprint density at radius 1 is 1.46 bits per heavy atom. The van der Waals surface area contributed by atoms with E-state index in [1.807, 2.05) is 0 Å². The van der Waals surface area contributed by atoms with Gasteiger partial charge in [-0.2, -0.15) is 0 Å². The van der Waals surface area contributed by atoms with Crippen molar-refractivity contribution in [3.8, 4) is 0 Å². The molecule has 0 aliphatic heterocycles. The summed E-state index contributed by atoms with van der Waals surface area (Å²) in [7, 11) is 1.27. The van der Waals surface area contributed by atoms with Gasteiger partial charge < -0.3 is 0 Å². The molecule has 1 aromatic rings. The van der Waals surface area contributed by atoms with Crippen LogP contribution < -0.4 is 0 Å². The second kappa shape index (κ2) is 3.80. The number of hydrogen-bond acceptors (Lipinski definition) is 3. The van der Waals surface area contributed by atoms with Gasteiger partial charge in [0.25, 0.3) is 4.92 Å². The zero-order chi connectivity index (χ0) is 9.84. The third kappa shape index (κ3) is 2.11. The lowest BCUT2D eigenvalue weighted by Crippen LogP contribution is -1.99. The first kappa shape index (κ1) is 9.38. The van der Waals surface area contributed by atoms with E-state index in [1.54, 1.807) is 18.2 Å². The molecular weight excluding hydrogens is 170 g/mol. The van der Waals surface area contributed by atoms with Crippen LogP contribution in [0.1, 0.15) is 17.3 Å². The first-order valence-corrected chi connectivity index (χ1v) is 3.77. The number of nitrogens with zero attached hydrogens (tertiary/aromatic N) is 1. The van der Waals surface area contributed by atoms with Crippen LogP contribution in [-0.4, -0.2) is 17.8 Å². The zero-order valence-corrected chi connectivity index (χ0v) is 7.48. The Hall–Kier alpha value is -1.71. The van der Waals surface area contributed by atoms with Crippen LogP contribution in [0.15, 0.2) is 24.3 Å². The van der Waals surface area contributed by atoms with Crippen molar-refractivity contribution in [1.82, 2.24) is 0 Å². The number of rotatable bonds is 3. The Morgan fingerprint density at radius 3 is 2.69 bits per heavy atom. The normalized spacial score (nSPS) is 9.38. The highest BCUT2D eigenvalue weighted by Crippen LogP contribution is 2.13. The van der Waals surface area contributed by atoms with Crippen molar-refractivity contribution >= 4 is 11.5 Å². The lowest BCUT2D eigenvalue weighted by Gasteiger charge is -1.92. The Kier molecular flexibility index (Phi) is 2.74. The first-order valence-electron chi connectivity index (χ1n) is 3.77. The van der Waals surface area contributed by atoms with Crippen LogP contribution in [0.2, 0.25) is 0 Å². The molecule has 1 aromatic carbocycles. The second-order valence-corrected chi connectivity index (χ2v) is 2.55. The number of carbonyl (C=O) groups excluding carboxylic acids is 1. The zero-order valence-electron chi connectivity index (χ0n) is 7.48. The van der Waals surface area contributed by atoms with E-state index in [0.717, 1.165) is 0 Å². The average Bonchev–Trinajstić information content (AvgIpc) is 2.17. The predicted molar refractivity (Wildman–Crippen MR) is 46.7 cm³/mol. The van der Waals surface area contributed by atoms with Crippen molar-refractivity contribution in [1.29, 1.82) is 0 Å². The molecule has 0 amide bonds. The molecule has 0 saturated carbocycles. The summed E-state index contributed by atoms with van der Waals surface area (Å²) in [4.78, 5) is 26.7. The Balaban J connectivity index is 3.05. The lowest BCUT2D eigenvalue weighted by atomic mass is 10.1. The minimum atomic E-state index is -0.0775. The van der Waals surface area contributed by atoms with Gasteiger partial charge in [0.1, 0.15) is 0 Å². The van der Waals surface area contributed by atoms with Crippen molar-refractivity contribution in [2.24, 2.45) is 0 Å². The largest absolute Gasteiger partial charge is 0.317 e. The van der Waals surface area contributed by atoms with Crippen LogP contribution in [0.5, 0.6) is 0 Å². The third-order valence-corrected chi connectivity index (χ3v) is 1.63. The van der Waals surface area contributed by atoms with Crippen LogP contribution in [0.4, 0.5) is 5.69 Å². The SMILES string of the molecule is CO[N+](=O)c1cccc(C(C)=O)c1. The van der Waals surface area contributed by atoms with E-state index in [0.29, 0.717) is 16.2 Å². The monoisotopic (exact) mass is 180 g/mol. The highest BCUT2D eigenvalue weighted by Gasteiger charge is 2.14. The molecule has 1 rings (SSSR count). The molecule has 0 aliphatic rings. The smallest absolute Gasteiger partial charge is 0.295 e. The maximum Gasteiger partial charge on any atom is 0.317 e. The molecular formula is C9H10NO3+. The first-order chi connectivity index (χ1) is 6.15. The fourth-order valence-electron chi connectivity index (χ4n) is 0.944. The Bertz CT molecular complexity index is 346. The van der Waals surface area contributed by atoms with Gasteiger partial charge in [0.15, 0.2) is 12.9 Å². The van der Waals surface area contributed by atoms with E-state index in [4.69, 9.17) is 0 Å². The standard InChI is InChI=1S/C9H10NO3/c1-7(11)8-4-3-5-9(6-8)10(12)13-2/h3-6H,1-2H3/q+1. The average molecular weight is 180 g/mol. The minimum absolute atomic E-state index is 0.0775. The second-order valence-electron chi connectivity index (χ2n) is 2.55. The molecule has 0 radical (unpaired) electrons. The summed E-state index contributed by atoms with van der Waals surface area (Å²) in [6.45, 7) is 1.45. The maximum atomic E-state index is 11.0. The molecule has 0 aromatic heterocycles. The quantitative estimate of drug-likeness (QED) is 0.526. The van der Waals surface area contributed by atoms with Gasteiger partial charge in [0, 0.05) is 17.7 Å². The highest BCUT2D eigenvalue weighted by atomic mass is 16.8. The van der Waals surface area contributed by atoms with Gasteiger partial charge in [-0.1, -0.05) is 12.1 Å². The third-order valence-electron chi connectivity index (χ3n) is 1.63. The van der Waals surface area contributed by atoms with Gasteiger partial charge >= 0.3 is 5.69 Å². The van der Waals surface area contributed by atoms with Gasteiger partial charge in [-0.15, -0.1) is 0 Å².